The maximum absolute atomic E-state index is 15.5. The zero-order valence-corrected chi connectivity index (χ0v) is 13.8. The van der Waals surface area contributed by atoms with Gasteiger partial charge in [-0.15, -0.1) is 0 Å². The molecule has 2 aromatic rings. The minimum absolute atomic E-state index is 0.145. The van der Waals surface area contributed by atoms with Crippen LogP contribution in [0.3, 0.4) is 0 Å². The Morgan fingerprint density at radius 3 is 2.88 bits per heavy atom. The molecule has 0 saturated carbocycles. The summed E-state index contributed by atoms with van der Waals surface area (Å²) in [5, 5.41) is 19.5. The minimum atomic E-state index is -2.86. The Labute approximate surface area is 145 Å². The number of ether oxygens (including phenoxy) is 1. The van der Waals surface area contributed by atoms with E-state index < -0.39 is 53.6 Å². The Hall–Kier alpha value is -2.35. The first-order chi connectivity index (χ1) is 12.2. The highest BCUT2D eigenvalue weighted by Crippen LogP contribution is 2.43. The monoisotopic (exact) mass is 371 g/mol. The van der Waals surface area contributed by atoms with Gasteiger partial charge in [0.1, 0.15) is 30.1 Å². The van der Waals surface area contributed by atoms with E-state index >= 15 is 4.39 Å². The van der Waals surface area contributed by atoms with Gasteiger partial charge < -0.3 is 19.9 Å². The SMILES string of the molecule is Cc1nc2c(c(F)cn2[C@@H]2O[C@H]([C@@H](C)O)[C@H](O)C2(F)C#CCF)c(=O)[nH]1. The Kier molecular flexibility index (Phi) is 4.56. The summed E-state index contributed by atoms with van der Waals surface area (Å²) in [6, 6.07) is 0. The molecule has 2 aromatic heterocycles. The van der Waals surface area contributed by atoms with E-state index in [-0.39, 0.29) is 11.5 Å². The van der Waals surface area contributed by atoms with Gasteiger partial charge in [-0.3, -0.25) is 9.36 Å². The number of aliphatic hydroxyl groups is 2. The number of alkyl halides is 2. The predicted molar refractivity (Wildman–Crippen MR) is 84.2 cm³/mol. The highest BCUT2D eigenvalue weighted by molar-refractivity contribution is 5.76. The second-order valence-electron chi connectivity index (χ2n) is 6.08. The number of nitrogens with one attached hydrogen (secondary N) is 1. The van der Waals surface area contributed by atoms with Gasteiger partial charge >= 0.3 is 0 Å². The number of aromatic nitrogens is 3. The van der Waals surface area contributed by atoms with Crippen molar-refractivity contribution in [3.8, 4) is 11.8 Å². The van der Waals surface area contributed by atoms with Gasteiger partial charge in [0.05, 0.1) is 6.10 Å². The topological polar surface area (TPSA) is 100 Å². The van der Waals surface area contributed by atoms with Gasteiger partial charge in [0.25, 0.3) is 5.56 Å². The lowest BCUT2D eigenvalue weighted by molar-refractivity contribution is -0.0776. The third kappa shape index (κ3) is 2.68. The largest absolute Gasteiger partial charge is 0.391 e. The number of aryl methyl sites for hydroxylation is 1. The van der Waals surface area contributed by atoms with Crippen LogP contribution in [0, 0.1) is 24.6 Å². The molecule has 0 aliphatic carbocycles. The highest BCUT2D eigenvalue weighted by Gasteiger charge is 2.59. The van der Waals surface area contributed by atoms with Crippen LogP contribution in [0.1, 0.15) is 19.0 Å². The van der Waals surface area contributed by atoms with Gasteiger partial charge in [-0.25, -0.2) is 18.2 Å². The van der Waals surface area contributed by atoms with Crippen molar-refractivity contribution in [2.75, 3.05) is 6.67 Å². The van der Waals surface area contributed by atoms with Crippen LogP contribution in [-0.2, 0) is 4.74 Å². The lowest BCUT2D eigenvalue weighted by atomic mass is 9.94. The Morgan fingerprint density at radius 1 is 1.58 bits per heavy atom. The molecule has 1 saturated heterocycles. The van der Waals surface area contributed by atoms with Crippen molar-refractivity contribution < 1.29 is 28.1 Å². The lowest BCUT2D eigenvalue weighted by Gasteiger charge is -2.24. The number of nitrogens with zero attached hydrogens (tertiary/aromatic N) is 2. The Morgan fingerprint density at radius 2 is 2.27 bits per heavy atom. The van der Waals surface area contributed by atoms with E-state index in [2.05, 4.69) is 9.97 Å². The van der Waals surface area contributed by atoms with Crippen molar-refractivity contribution in [1.29, 1.82) is 0 Å². The molecule has 0 radical (unpaired) electrons. The van der Waals surface area contributed by atoms with Gasteiger partial charge in [-0.05, 0) is 13.8 Å². The summed E-state index contributed by atoms with van der Waals surface area (Å²) in [7, 11) is 0. The third-order valence-electron chi connectivity index (χ3n) is 4.22. The molecule has 26 heavy (non-hydrogen) atoms. The standard InChI is InChI=1S/C16H16F3N3O4/c1-7(23)11-12(24)16(19,4-3-5-17)15(26-11)22-6-9(18)10-13(22)20-8(2)21-14(10)25/h6-7,11-12,15,23-24H,5H2,1-2H3,(H,20,21,25)/t7-,11-,12+,15-,16?/m1/s1. The quantitative estimate of drug-likeness (QED) is 0.668. The van der Waals surface area contributed by atoms with Crippen LogP contribution >= 0.6 is 0 Å². The first kappa shape index (κ1) is 18.4. The van der Waals surface area contributed by atoms with E-state index in [0.29, 0.717) is 0 Å². The van der Waals surface area contributed by atoms with Gasteiger partial charge in [0.2, 0.25) is 5.67 Å². The van der Waals surface area contributed by atoms with Crippen LogP contribution in [0.15, 0.2) is 11.0 Å². The highest BCUT2D eigenvalue weighted by atomic mass is 19.1. The number of hydrogen-bond acceptors (Lipinski definition) is 5. The van der Waals surface area contributed by atoms with E-state index in [0.717, 1.165) is 10.8 Å². The van der Waals surface area contributed by atoms with E-state index in [9.17, 15) is 23.8 Å². The summed E-state index contributed by atoms with van der Waals surface area (Å²) < 4.78 is 48.5. The molecule has 3 heterocycles. The maximum atomic E-state index is 15.5. The van der Waals surface area contributed by atoms with Gasteiger partial charge in [0.15, 0.2) is 17.7 Å². The van der Waals surface area contributed by atoms with E-state index in [1.54, 1.807) is 0 Å². The van der Waals surface area contributed by atoms with Crippen molar-refractivity contribution in [3.63, 3.8) is 0 Å². The fraction of sp³-hybridized carbons (Fsp3) is 0.500. The van der Waals surface area contributed by atoms with Crippen LogP contribution in [0.4, 0.5) is 13.2 Å². The van der Waals surface area contributed by atoms with E-state index in [4.69, 9.17) is 4.74 Å². The number of hydrogen-bond donors (Lipinski definition) is 3. The molecule has 1 unspecified atom stereocenters. The Balaban J connectivity index is 2.24. The average molecular weight is 371 g/mol. The second-order valence-corrected chi connectivity index (χ2v) is 6.08. The van der Waals surface area contributed by atoms with Crippen LogP contribution in [-0.4, -0.2) is 55.4 Å². The van der Waals surface area contributed by atoms with Crippen LogP contribution in [0.2, 0.25) is 0 Å². The lowest BCUT2D eigenvalue weighted by Crippen LogP contribution is -2.44. The zero-order chi connectivity index (χ0) is 19.2. The number of aliphatic hydroxyl groups excluding tert-OH is 2. The second kappa shape index (κ2) is 6.42. The smallest absolute Gasteiger partial charge is 0.263 e. The van der Waals surface area contributed by atoms with Gasteiger partial charge in [-0.1, -0.05) is 11.8 Å². The molecule has 3 rings (SSSR count). The van der Waals surface area contributed by atoms with E-state index in [1.165, 1.54) is 13.8 Å². The number of halogens is 3. The third-order valence-corrected chi connectivity index (χ3v) is 4.22. The average Bonchev–Trinajstić information content (AvgIpc) is 3.01. The summed E-state index contributed by atoms with van der Waals surface area (Å²) >= 11 is 0. The number of H-pyrrole nitrogens is 1. The molecule has 3 N–H and O–H groups in total. The molecule has 7 nitrogen and oxygen atoms in total. The Bertz CT molecular complexity index is 961. The predicted octanol–water partition coefficient (Wildman–Crippen LogP) is 0.492. The molecule has 5 atom stereocenters. The molecule has 10 heteroatoms. The number of fused-ring (bicyclic) bond motifs is 1. The maximum Gasteiger partial charge on any atom is 0.263 e. The molecule has 140 valence electrons. The summed E-state index contributed by atoms with van der Waals surface area (Å²) in [5.74, 6) is 3.02. The van der Waals surface area contributed by atoms with Crippen LogP contribution in [0.5, 0.6) is 0 Å². The number of rotatable bonds is 2. The molecule has 0 aromatic carbocycles. The fourth-order valence-electron chi connectivity index (χ4n) is 3.06. The first-order valence-electron chi connectivity index (χ1n) is 7.74. The summed E-state index contributed by atoms with van der Waals surface area (Å²) in [4.78, 5) is 18.3. The van der Waals surface area contributed by atoms with Crippen LogP contribution in [0.25, 0.3) is 11.0 Å². The molecule has 1 aliphatic rings. The van der Waals surface area contributed by atoms with Crippen molar-refractivity contribution in [2.45, 2.75) is 44.1 Å². The summed E-state index contributed by atoms with van der Waals surface area (Å²) in [5.41, 5.74) is -3.85. The zero-order valence-electron chi connectivity index (χ0n) is 13.8. The van der Waals surface area contributed by atoms with Crippen molar-refractivity contribution in [2.24, 2.45) is 0 Å². The fourth-order valence-corrected chi connectivity index (χ4v) is 3.06. The van der Waals surface area contributed by atoms with E-state index in [1.807, 2.05) is 11.8 Å². The molecular formula is C16H16F3N3O4. The molecule has 1 aliphatic heterocycles. The van der Waals surface area contributed by atoms with Crippen molar-refractivity contribution >= 4 is 11.0 Å². The van der Waals surface area contributed by atoms with Gasteiger partial charge in [-0.2, -0.15) is 0 Å². The molecule has 0 bridgehead atoms. The normalized spacial score (nSPS) is 29.6. The molecule has 0 amide bonds. The summed E-state index contributed by atoms with van der Waals surface area (Å²) in [6.07, 6.45) is -5.59. The van der Waals surface area contributed by atoms with Crippen molar-refractivity contribution in [3.05, 3.63) is 28.2 Å². The van der Waals surface area contributed by atoms with Crippen molar-refractivity contribution in [1.82, 2.24) is 14.5 Å². The van der Waals surface area contributed by atoms with Gasteiger partial charge in [0, 0.05) is 6.20 Å². The minimum Gasteiger partial charge on any atom is -0.391 e. The number of aromatic amines is 1. The molecule has 0 spiro atoms. The molecular weight excluding hydrogens is 355 g/mol. The van der Waals surface area contributed by atoms with Crippen LogP contribution < -0.4 is 5.56 Å². The summed E-state index contributed by atoms with van der Waals surface area (Å²) in [6.45, 7) is 1.54. The first-order valence-corrected chi connectivity index (χ1v) is 7.74. The molecule has 1 fully saturated rings.